The molecule has 2 atom stereocenters. The third-order valence-electron chi connectivity index (χ3n) is 3.19. The third-order valence-corrected chi connectivity index (χ3v) is 4.13. The van der Waals surface area contributed by atoms with Gasteiger partial charge >= 0.3 is 0 Å². The highest BCUT2D eigenvalue weighted by molar-refractivity contribution is 7.09. The van der Waals surface area contributed by atoms with Gasteiger partial charge in [0, 0.05) is 18.0 Å². The minimum Gasteiger partial charge on any atom is -0.393 e. The molecule has 4 nitrogen and oxygen atoms in total. The lowest BCUT2D eigenvalue weighted by Gasteiger charge is -2.24. The van der Waals surface area contributed by atoms with Crippen LogP contribution in [-0.2, 0) is 11.2 Å². The third kappa shape index (κ3) is 6.18. The number of carbonyl (C=O) groups excluding carboxylic acids is 1. The Hall–Kier alpha value is -0.910. The van der Waals surface area contributed by atoms with Crippen molar-refractivity contribution in [2.24, 2.45) is 0 Å². The van der Waals surface area contributed by atoms with Gasteiger partial charge in [0.1, 0.15) is 0 Å². The quantitative estimate of drug-likeness (QED) is 0.760. The largest absolute Gasteiger partial charge is 0.393 e. The van der Waals surface area contributed by atoms with Gasteiger partial charge in [-0.3, -0.25) is 9.69 Å². The van der Waals surface area contributed by atoms with Gasteiger partial charge in [-0.1, -0.05) is 6.07 Å². The van der Waals surface area contributed by atoms with Gasteiger partial charge in [-0.15, -0.1) is 11.3 Å². The van der Waals surface area contributed by atoms with E-state index in [1.165, 1.54) is 4.88 Å². The summed E-state index contributed by atoms with van der Waals surface area (Å²) in [5.74, 6) is 0.0460. The predicted octanol–water partition coefficient (Wildman–Crippen LogP) is 1.50. The molecule has 0 spiro atoms. The first kappa shape index (κ1) is 16.1. The number of amides is 1. The molecule has 0 aliphatic rings. The molecule has 1 aromatic rings. The number of aliphatic hydroxyl groups excluding tert-OH is 1. The Morgan fingerprint density at radius 3 is 2.84 bits per heavy atom. The van der Waals surface area contributed by atoms with Crippen LogP contribution < -0.4 is 5.32 Å². The summed E-state index contributed by atoms with van der Waals surface area (Å²) in [4.78, 5) is 15.2. The molecule has 1 rings (SSSR count). The summed E-state index contributed by atoms with van der Waals surface area (Å²) in [6, 6.07) is 3.94. The molecule has 2 unspecified atom stereocenters. The fourth-order valence-electron chi connectivity index (χ4n) is 1.70. The summed E-state index contributed by atoms with van der Waals surface area (Å²) in [6.45, 7) is 5.05. The maximum atomic E-state index is 11.9. The molecular weight excluding hydrogens is 260 g/mol. The Kier molecular flexibility index (Phi) is 7.05. The number of hydrogen-bond acceptors (Lipinski definition) is 4. The van der Waals surface area contributed by atoms with Gasteiger partial charge in [-0.2, -0.15) is 0 Å². The molecule has 108 valence electrons. The van der Waals surface area contributed by atoms with E-state index in [1.54, 1.807) is 18.3 Å². The summed E-state index contributed by atoms with van der Waals surface area (Å²) in [7, 11) is 1.91. The zero-order chi connectivity index (χ0) is 14.3. The zero-order valence-corrected chi connectivity index (χ0v) is 12.7. The maximum Gasteiger partial charge on any atom is 0.237 e. The van der Waals surface area contributed by atoms with Gasteiger partial charge in [-0.25, -0.2) is 0 Å². The van der Waals surface area contributed by atoms with Crippen LogP contribution >= 0.6 is 11.3 Å². The molecule has 5 heteroatoms. The number of carbonyl (C=O) groups is 1. The SMILES string of the molecule is CC(O)CCN(C)C(C)C(=O)NCCc1cccs1. The molecule has 0 radical (unpaired) electrons. The molecular formula is C14H24N2O2S. The van der Waals surface area contributed by atoms with Gasteiger partial charge in [0.05, 0.1) is 12.1 Å². The Morgan fingerprint density at radius 2 is 2.26 bits per heavy atom. The van der Waals surface area contributed by atoms with Gasteiger partial charge in [0.15, 0.2) is 0 Å². The van der Waals surface area contributed by atoms with Crippen LogP contribution in [-0.4, -0.2) is 48.2 Å². The molecule has 0 aliphatic carbocycles. The standard InChI is InChI=1S/C14H24N2O2S/c1-11(17)7-9-16(3)12(2)14(18)15-8-6-13-5-4-10-19-13/h4-5,10-12,17H,6-9H2,1-3H3,(H,15,18). The minimum atomic E-state index is -0.323. The van der Waals surface area contributed by atoms with E-state index in [0.29, 0.717) is 13.0 Å². The number of nitrogens with one attached hydrogen (secondary N) is 1. The van der Waals surface area contributed by atoms with Gasteiger partial charge in [-0.05, 0) is 45.2 Å². The monoisotopic (exact) mass is 284 g/mol. The molecule has 0 saturated heterocycles. The van der Waals surface area contributed by atoms with Crippen LogP contribution in [0.5, 0.6) is 0 Å². The van der Waals surface area contributed by atoms with Crippen molar-refractivity contribution in [3.05, 3.63) is 22.4 Å². The Balaban J connectivity index is 2.23. The van der Waals surface area contributed by atoms with Crippen molar-refractivity contribution in [1.82, 2.24) is 10.2 Å². The first-order valence-electron chi connectivity index (χ1n) is 6.69. The van der Waals surface area contributed by atoms with Crippen LogP contribution in [0, 0.1) is 0 Å². The Morgan fingerprint density at radius 1 is 1.53 bits per heavy atom. The Bertz CT molecular complexity index is 366. The second kappa shape index (κ2) is 8.30. The van der Waals surface area contributed by atoms with Crippen LogP contribution in [0.1, 0.15) is 25.1 Å². The van der Waals surface area contributed by atoms with Crippen LogP contribution in [0.2, 0.25) is 0 Å². The molecule has 0 saturated carbocycles. The number of nitrogens with zero attached hydrogens (tertiary/aromatic N) is 1. The molecule has 1 heterocycles. The van der Waals surface area contributed by atoms with E-state index in [2.05, 4.69) is 11.4 Å². The highest BCUT2D eigenvalue weighted by Crippen LogP contribution is 2.08. The van der Waals surface area contributed by atoms with Crippen LogP contribution in [0.3, 0.4) is 0 Å². The van der Waals surface area contributed by atoms with E-state index in [9.17, 15) is 9.90 Å². The lowest BCUT2D eigenvalue weighted by atomic mass is 10.2. The van der Waals surface area contributed by atoms with E-state index in [1.807, 2.05) is 30.3 Å². The van der Waals surface area contributed by atoms with Crippen molar-refractivity contribution in [3.63, 3.8) is 0 Å². The van der Waals surface area contributed by atoms with Crippen molar-refractivity contribution >= 4 is 17.2 Å². The molecule has 0 bridgehead atoms. The molecule has 1 amide bonds. The fraction of sp³-hybridized carbons (Fsp3) is 0.643. The second-order valence-electron chi connectivity index (χ2n) is 4.91. The summed E-state index contributed by atoms with van der Waals surface area (Å²) in [5, 5.41) is 14.2. The van der Waals surface area contributed by atoms with Crippen molar-refractivity contribution in [3.8, 4) is 0 Å². The normalized spacial score (nSPS) is 14.4. The minimum absolute atomic E-state index is 0.0460. The predicted molar refractivity (Wildman–Crippen MR) is 79.4 cm³/mol. The van der Waals surface area contributed by atoms with E-state index >= 15 is 0 Å². The number of rotatable bonds is 8. The molecule has 2 N–H and O–H groups in total. The van der Waals surface area contributed by atoms with Crippen LogP contribution in [0.15, 0.2) is 17.5 Å². The summed E-state index contributed by atoms with van der Waals surface area (Å²) in [5.41, 5.74) is 0. The van der Waals surface area contributed by atoms with E-state index in [-0.39, 0.29) is 18.1 Å². The fourth-order valence-corrected chi connectivity index (χ4v) is 2.40. The van der Waals surface area contributed by atoms with Crippen LogP contribution in [0.25, 0.3) is 0 Å². The van der Waals surface area contributed by atoms with Gasteiger partial charge in [0.25, 0.3) is 0 Å². The first-order chi connectivity index (χ1) is 9.00. The lowest BCUT2D eigenvalue weighted by Crippen LogP contribution is -2.44. The number of hydrogen-bond donors (Lipinski definition) is 2. The van der Waals surface area contributed by atoms with E-state index in [4.69, 9.17) is 0 Å². The van der Waals surface area contributed by atoms with Crippen LogP contribution in [0.4, 0.5) is 0 Å². The Labute approximate surface area is 119 Å². The van der Waals surface area contributed by atoms with Crippen molar-refractivity contribution < 1.29 is 9.90 Å². The zero-order valence-electron chi connectivity index (χ0n) is 11.9. The van der Waals surface area contributed by atoms with E-state index in [0.717, 1.165) is 13.0 Å². The highest BCUT2D eigenvalue weighted by atomic mass is 32.1. The smallest absolute Gasteiger partial charge is 0.237 e. The summed E-state index contributed by atoms with van der Waals surface area (Å²) < 4.78 is 0. The van der Waals surface area contributed by atoms with E-state index < -0.39 is 0 Å². The number of aliphatic hydroxyl groups is 1. The lowest BCUT2D eigenvalue weighted by molar-refractivity contribution is -0.125. The van der Waals surface area contributed by atoms with Gasteiger partial charge in [0.2, 0.25) is 5.91 Å². The molecule has 1 aromatic heterocycles. The molecule has 0 aromatic carbocycles. The van der Waals surface area contributed by atoms with Crippen molar-refractivity contribution in [2.45, 2.75) is 38.8 Å². The average molecular weight is 284 g/mol. The second-order valence-corrected chi connectivity index (χ2v) is 5.95. The number of thiophene rings is 1. The molecule has 0 aliphatic heterocycles. The number of likely N-dealkylation sites (N-methyl/N-ethyl adjacent to an activating group) is 1. The topological polar surface area (TPSA) is 52.6 Å². The van der Waals surface area contributed by atoms with Crippen molar-refractivity contribution in [1.29, 1.82) is 0 Å². The average Bonchev–Trinajstić information content (AvgIpc) is 2.87. The first-order valence-corrected chi connectivity index (χ1v) is 7.57. The van der Waals surface area contributed by atoms with Gasteiger partial charge < -0.3 is 10.4 Å². The molecule has 0 fully saturated rings. The molecule has 19 heavy (non-hydrogen) atoms. The highest BCUT2D eigenvalue weighted by Gasteiger charge is 2.17. The maximum absolute atomic E-state index is 11.9. The summed E-state index contributed by atoms with van der Waals surface area (Å²) >= 11 is 1.71. The van der Waals surface area contributed by atoms with Crippen molar-refractivity contribution in [2.75, 3.05) is 20.1 Å². The summed E-state index contributed by atoms with van der Waals surface area (Å²) in [6.07, 6.45) is 1.24.